The number of aromatic nitrogens is 3. The largest absolute Gasteiger partial charge is 0.494 e. The molecule has 6 aromatic rings. The predicted octanol–water partition coefficient (Wildman–Crippen LogP) is 10.3. The van der Waals surface area contributed by atoms with Crippen molar-refractivity contribution in [1.82, 2.24) is 15.0 Å². The molecule has 1 saturated heterocycles. The van der Waals surface area contributed by atoms with Crippen molar-refractivity contribution >= 4 is 80.1 Å². The number of ether oxygens (including phenoxy) is 3. The van der Waals surface area contributed by atoms with E-state index in [1.54, 1.807) is 34.0 Å². The maximum absolute atomic E-state index is 5.87. The number of hydrogen-bond acceptors (Lipinski definition) is 12. The molecule has 1 aliphatic heterocycles. The number of benzene rings is 3. The zero-order valence-electron chi connectivity index (χ0n) is 29.6. The summed E-state index contributed by atoms with van der Waals surface area (Å²) in [6.07, 6.45) is 12.4. The minimum atomic E-state index is -0.244. The van der Waals surface area contributed by atoms with Gasteiger partial charge in [-0.1, -0.05) is 52.2 Å². The Balaban J connectivity index is 1.47. The third-order valence-corrected chi connectivity index (χ3v) is 11.5. The molecule has 0 saturated carbocycles. The van der Waals surface area contributed by atoms with Crippen LogP contribution in [0.2, 0.25) is 0 Å². The third kappa shape index (κ3) is 6.75. The van der Waals surface area contributed by atoms with Crippen molar-refractivity contribution in [2.24, 2.45) is 0 Å². The van der Waals surface area contributed by atoms with E-state index in [2.05, 4.69) is 90.1 Å². The highest BCUT2D eigenvalue weighted by atomic mass is 32.1. The molecule has 12 heteroatoms. The third-order valence-electron chi connectivity index (χ3n) is 8.45. The van der Waals surface area contributed by atoms with Crippen LogP contribution in [0.3, 0.4) is 0 Å². The molecule has 0 unspecified atom stereocenters. The summed E-state index contributed by atoms with van der Waals surface area (Å²) in [5.41, 5.74) is 2.78. The zero-order chi connectivity index (χ0) is 35.5. The van der Waals surface area contributed by atoms with E-state index in [0.717, 1.165) is 63.3 Å². The number of fused-ring (bicyclic) bond motifs is 3. The van der Waals surface area contributed by atoms with Crippen molar-refractivity contribution in [3.63, 3.8) is 0 Å². The number of allylic oxidation sites excluding steroid dienone is 3. The van der Waals surface area contributed by atoms with E-state index < -0.39 is 0 Å². The Morgan fingerprint density at radius 3 is 1.06 bits per heavy atom. The summed E-state index contributed by atoms with van der Waals surface area (Å²) in [6.45, 7) is 14.0. The Hall–Kier alpha value is -4.65. The first-order valence-electron chi connectivity index (χ1n) is 17.3. The van der Waals surface area contributed by atoms with Crippen LogP contribution in [0.1, 0.15) is 41.5 Å². The van der Waals surface area contributed by atoms with E-state index in [-0.39, 0.29) is 18.5 Å². The van der Waals surface area contributed by atoms with Gasteiger partial charge in [0.05, 0.1) is 50.5 Å². The van der Waals surface area contributed by atoms with Crippen molar-refractivity contribution < 1.29 is 14.2 Å². The molecule has 3 aromatic carbocycles. The summed E-state index contributed by atoms with van der Waals surface area (Å²) in [4.78, 5) is 23.0. The lowest BCUT2D eigenvalue weighted by molar-refractivity contribution is 0.340. The van der Waals surface area contributed by atoms with Crippen LogP contribution in [0.4, 0.5) is 15.4 Å². The number of rotatable bonds is 12. The molecule has 1 fully saturated rings. The Kier molecular flexibility index (Phi) is 10.4. The smallest absolute Gasteiger partial charge is 0.190 e. The first-order valence-corrected chi connectivity index (χ1v) is 19.8. The second kappa shape index (κ2) is 15.3. The lowest BCUT2D eigenvalue weighted by Crippen LogP contribution is -2.70. The molecule has 3 aromatic heterocycles. The zero-order valence-corrected chi connectivity index (χ0v) is 32.1. The molecule has 51 heavy (non-hydrogen) atoms. The molecule has 7 rings (SSSR count). The van der Waals surface area contributed by atoms with Gasteiger partial charge >= 0.3 is 0 Å². The highest BCUT2D eigenvalue weighted by molar-refractivity contribution is 7.23. The average Bonchev–Trinajstić information content (AvgIpc) is 3.85. The van der Waals surface area contributed by atoms with Gasteiger partial charge < -0.3 is 14.2 Å². The first-order chi connectivity index (χ1) is 25.0. The van der Waals surface area contributed by atoms with Crippen molar-refractivity contribution in [1.29, 1.82) is 0 Å². The summed E-state index contributed by atoms with van der Waals surface area (Å²) < 4.78 is 20.8. The molecule has 4 heterocycles. The fraction of sp³-hybridized carbons (Fsp3) is 0.308. The van der Waals surface area contributed by atoms with E-state index in [1.165, 1.54) is 0 Å². The van der Waals surface area contributed by atoms with Crippen molar-refractivity contribution in [2.75, 3.05) is 34.5 Å². The first kappa shape index (κ1) is 34.8. The van der Waals surface area contributed by atoms with Gasteiger partial charge in [0, 0.05) is 0 Å². The predicted molar refractivity (Wildman–Crippen MR) is 216 cm³/mol. The number of anilines is 3. The van der Waals surface area contributed by atoms with Gasteiger partial charge in [-0.2, -0.15) is 0 Å². The molecule has 0 aliphatic carbocycles. The maximum Gasteiger partial charge on any atom is 0.190 e. The van der Waals surface area contributed by atoms with E-state index in [9.17, 15) is 0 Å². The van der Waals surface area contributed by atoms with Crippen molar-refractivity contribution in [3.8, 4) is 17.2 Å². The SMILES string of the molecule is C/C=C/C1N(c2nc3ccc(OCC)cc3s2)C(/C=C/C)N(c2nc3ccc(OCC)cc3s2)C(/C=C/C)N1c1nc2ccc(OCC)cc2s1. The molecule has 0 amide bonds. The van der Waals surface area contributed by atoms with E-state index in [4.69, 9.17) is 29.2 Å². The molecule has 0 atom stereocenters. The summed E-state index contributed by atoms with van der Waals surface area (Å²) in [5, 5.41) is 2.66. The number of hydrogen-bond donors (Lipinski definition) is 0. The van der Waals surface area contributed by atoms with Crippen molar-refractivity contribution in [3.05, 3.63) is 91.1 Å². The lowest BCUT2D eigenvalue weighted by Gasteiger charge is -2.55. The van der Waals surface area contributed by atoms with Gasteiger partial charge in [0.25, 0.3) is 0 Å². The maximum atomic E-state index is 5.87. The van der Waals surface area contributed by atoms with Crippen LogP contribution in [0.15, 0.2) is 91.1 Å². The fourth-order valence-corrected chi connectivity index (χ4v) is 9.57. The van der Waals surface area contributed by atoms with Crippen LogP contribution >= 0.6 is 34.0 Å². The Morgan fingerprint density at radius 1 is 0.510 bits per heavy atom. The molecular weight excluding hydrogens is 697 g/mol. The molecule has 9 nitrogen and oxygen atoms in total. The van der Waals surface area contributed by atoms with Crippen LogP contribution in [0.25, 0.3) is 30.6 Å². The fourth-order valence-electron chi connectivity index (χ4n) is 6.40. The second-order valence-electron chi connectivity index (χ2n) is 11.7. The normalized spacial score (nSPS) is 18.5. The Bertz CT molecular complexity index is 1960. The summed E-state index contributed by atoms with van der Waals surface area (Å²) >= 11 is 5.00. The molecule has 0 spiro atoms. The van der Waals surface area contributed by atoms with Gasteiger partial charge in [-0.05, 0) is 114 Å². The van der Waals surface area contributed by atoms with Gasteiger partial charge in [0.2, 0.25) is 0 Å². The molecule has 1 aliphatic rings. The number of nitrogens with zero attached hydrogens (tertiary/aromatic N) is 6. The van der Waals surface area contributed by atoms with Crippen LogP contribution in [0, 0.1) is 0 Å². The standard InChI is InChI=1S/C39H42N6O3S3/c1-7-13-34-43(37-40-28-19-16-25(46-10-4)22-31(28)49-37)35(14-8-2)45(39-42-30-21-18-27(48-12-6)24-33(30)51-39)36(15-9-3)44(34)38-41-29-20-17-26(47-11-5)23-32(29)50-38/h7-9,13-24,34-36H,10-12H2,1-6H3/b13-7+,14-8+,15-9+. The number of thiazole rings is 3. The molecule has 0 radical (unpaired) electrons. The molecule has 0 bridgehead atoms. The van der Waals surface area contributed by atoms with E-state index >= 15 is 0 Å². The Morgan fingerprint density at radius 2 is 0.804 bits per heavy atom. The van der Waals surface area contributed by atoms with Crippen LogP contribution < -0.4 is 28.9 Å². The van der Waals surface area contributed by atoms with Gasteiger partial charge in [-0.3, -0.25) is 14.7 Å². The molecule has 0 N–H and O–H groups in total. The average molecular weight is 739 g/mol. The van der Waals surface area contributed by atoms with Gasteiger partial charge in [-0.15, -0.1) is 0 Å². The van der Waals surface area contributed by atoms with Crippen molar-refractivity contribution in [2.45, 2.75) is 60.0 Å². The summed E-state index contributed by atoms with van der Waals surface area (Å²) in [7, 11) is 0. The second-order valence-corrected chi connectivity index (χ2v) is 14.7. The van der Waals surface area contributed by atoms with Gasteiger partial charge in [0.1, 0.15) is 35.7 Å². The minimum absolute atomic E-state index is 0.244. The minimum Gasteiger partial charge on any atom is -0.494 e. The Labute approximate surface area is 310 Å². The van der Waals surface area contributed by atoms with Crippen LogP contribution in [-0.4, -0.2) is 53.3 Å². The summed E-state index contributed by atoms with van der Waals surface area (Å²) in [6, 6.07) is 18.4. The highest BCUT2D eigenvalue weighted by Gasteiger charge is 2.47. The quantitative estimate of drug-likeness (QED) is 0.114. The van der Waals surface area contributed by atoms with E-state index in [0.29, 0.717) is 19.8 Å². The van der Waals surface area contributed by atoms with Gasteiger partial charge in [-0.25, -0.2) is 15.0 Å². The van der Waals surface area contributed by atoms with Crippen LogP contribution in [-0.2, 0) is 0 Å². The summed E-state index contributed by atoms with van der Waals surface area (Å²) in [5.74, 6) is 2.52. The molecular formula is C39H42N6O3S3. The topological polar surface area (TPSA) is 76.1 Å². The van der Waals surface area contributed by atoms with E-state index in [1.807, 2.05) is 57.2 Å². The monoisotopic (exact) mass is 738 g/mol. The van der Waals surface area contributed by atoms with Gasteiger partial charge in [0.15, 0.2) is 15.4 Å². The van der Waals surface area contributed by atoms with Crippen LogP contribution in [0.5, 0.6) is 17.2 Å². The highest BCUT2D eigenvalue weighted by Crippen LogP contribution is 2.45. The lowest BCUT2D eigenvalue weighted by atomic mass is 10.1. The molecule has 264 valence electrons.